The quantitative estimate of drug-likeness (QED) is 0.248. The fraction of sp³-hybridized carbons (Fsp3) is 0. The summed E-state index contributed by atoms with van der Waals surface area (Å²) in [6.45, 7) is -0.108. The molecule has 0 saturated carbocycles. The predicted octanol–water partition coefficient (Wildman–Crippen LogP) is 6.25. The molecule has 192 valence electrons. The lowest BCUT2D eigenvalue weighted by atomic mass is 9.35. The van der Waals surface area contributed by atoms with Crippen LogP contribution in [0.1, 0.15) is 0 Å². The molecule has 4 heterocycles. The number of benzene rings is 4. The molecule has 0 amide bonds. The molecule has 5 nitrogen and oxygen atoms in total. The minimum Gasteiger partial charge on any atom is -0.464 e. The molecular formula is C35H23BN4O. The molecule has 1 aliphatic rings. The first kappa shape index (κ1) is 23.4. The normalized spacial score (nSPS) is 11.9. The van der Waals surface area contributed by atoms with Crippen LogP contribution < -0.4 is 21.4 Å². The van der Waals surface area contributed by atoms with Crippen LogP contribution in [0.5, 0.6) is 0 Å². The lowest BCUT2D eigenvalue weighted by Crippen LogP contribution is -2.56. The van der Waals surface area contributed by atoms with Gasteiger partial charge in [0.2, 0.25) is 0 Å². The van der Waals surface area contributed by atoms with Crippen molar-refractivity contribution in [2.75, 3.05) is 4.90 Å². The van der Waals surface area contributed by atoms with Crippen LogP contribution in [0, 0.1) is 0 Å². The van der Waals surface area contributed by atoms with Crippen LogP contribution in [0.4, 0.5) is 17.2 Å². The number of anilines is 3. The fourth-order valence-corrected chi connectivity index (χ4v) is 6.00. The van der Waals surface area contributed by atoms with Gasteiger partial charge in [-0.25, -0.2) is 4.98 Å². The molecule has 0 N–H and O–H groups in total. The molecule has 0 aliphatic carbocycles. The van der Waals surface area contributed by atoms with E-state index in [0.717, 1.165) is 50.5 Å². The summed E-state index contributed by atoms with van der Waals surface area (Å²) in [4.78, 5) is 17.0. The van der Waals surface area contributed by atoms with Gasteiger partial charge in [-0.2, -0.15) is 0 Å². The van der Waals surface area contributed by atoms with E-state index in [1.165, 1.54) is 16.6 Å². The third kappa shape index (κ3) is 3.92. The Hall–Kier alpha value is -5.49. The standard InChI is InChI=1S/C35H23BN4O/c1-3-10-25(11-4-1)40(26-12-5-2-6-13-26)34-23-38-33(22-39-34)36-29-15-8-7-14-27(29)28-17-18-37-31-21-24(20-30(36)35(28)31)32-16-9-19-41-32/h1-23H. The van der Waals surface area contributed by atoms with Gasteiger partial charge in [0.25, 0.3) is 6.71 Å². The van der Waals surface area contributed by atoms with Crippen molar-refractivity contribution in [1.82, 2.24) is 15.0 Å². The number of para-hydroxylation sites is 2. The van der Waals surface area contributed by atoms with Gasteiger partial charge < -0.3 is 4.42 Å². The van der Waals surface area contributed by atoms with Crippen molar-refractivity contribution in [1.29, 1.82) is 0 Å². The first-order chi connectivity index (χ1) is 20.3. The highest BCUT2D eigenvalue weighted by Crippen LogP contribution is 2.34. The summed E-state index contributed by atoms with van der Waals surface area (Å²) in [5, 5.41) is 1.15. The number of hydrogen-bond acceptors (Lipinski definition) is 5. The third-order valence-electron chi connectivity index (χ3n) is 7.76. The minimum atomic E-state index is -0.108. The van der Waals surface area contributed by atoms with E-state index in [1.54, 1.807) is 6.26 Å². The number of rotatable bonds is 5. The molecule has 7 aromatic rings. The molecule has 0 radical (unpaired) electrons. The third-order valence-corrected chi connectivity index (χ3v) is 7.76. The number of hydrogen-bond donors (Lipinski definition) is 0. The smallest absolute Gasteiger partial charge is 0.268 e. The molecule has 0 saturated heterocycles. The molecule has 6 heteroatoms. The summed E-state index contributed by atoms with van der Waals surface area (Å²) >= 11 is 0. The zero-order valence-corrected chi connectivity index (χ0v) is 22.1. The molecule has 41 heavy (non-hydrogen) atoms. The Morgan fingerprint density at radius 3 is 2.07 bits per heavy atom. The molecule has 0 atom stereocenters. The van der Waals surface area contributed by atoms with E-state index in [0.29, 0.717) is 0 Å². The van der Waals surface area contributed by atoms with Gasteiger partial charge in [0.05, 0.1) is 18.0 Å². The maximum absolute atomic E-state index is 5.79. The number of pyridine rings is 1. The lowest BCUT2D eigenvalue weighted by molar-refractivity contribution is 0.582. The van der Waals surface area contributed by atoms with Crippen LogP contribution in [0.25, 0.3) is 33.4 Å². The van der Waals surface area contributed by atoms with E-state index in [-0.39, 0.29) is 6.71 Å². The number of fused-ring (bicyclic) bond motifs is 2. The van der Waals surface area contributed by atoms with Gasteiger partial charge in [-0.3, -0.25) is 14.9 Å². The SMILES string of the molecule is c1ccc(N(c2ccccc2)c2cnc(B3c4ccccc4-c4ccnc5cc(-c6ccco6)cc3c45)cn2)cc1. The maximum atomic E-state index is 5.79. The van der Waals surface area contributed by atoms with Gasteiger partial charge in [-0.05, 0) is 59.7 Å². The summed E-state index contributed by atoms with van der Waals surface area (Å²) < 4.78 is 5.79. The molecule has 8 rings (SSSR count). The average Bonchev–Trinajstić information content (AvgIpc) is 3.59. The predicted molar refractivity (Wildman–Crippen MR) is 166 cm³/mol. The number of nitrogens with zero attached hydrogens (tertiary/aromatic N) is 4. The summed E-state index contributed by atoms with van der Waals surface area (Å²) in [7, 11) is 0. The zero-order valence-electron chi connectivity index (χ0n) is 22.1. The van der Waals surface area contributed by atoms with Gasteiger partial charge >= 0.3 is 0 Å². The van der Waals surface area contributed by atoms with E-state index in [4.69, 9.17) is 19.4 Å². The number of aromatic nitrogens is 3. The van der Waals surface area contributed by atoms with E-state index < -0.39 is 0 Å². The number of furan rings is 1. The van der Waals surface area contributed by atoms with E-state index in [1.807, 2.05) is 67.1 Å². The molecule has 0 unspecified atom stereocenters. The van der Waals surface area contributed by atoms with Gasteiger partial charge in [0.1, 0.15) is 5.76 Å². The monoisotopic (exact) mass is 526 g/mol. The Balaban J connectivity index is 1.31. The first-order valence-corrected chi connectivity index (χ1v) is 13.6. The molecule has 0 fully saturated rings. The van der Waals surface area contributed by atoms with Crippen molar-refractivity contribution in [2.24, 2.45) is 0 Å². The molecule has 4 aromatic carbocycles. The summed E-state index contributed by atoms with van der Waals surface area (Å²) in [5.41, 5.74) is 9.61. The second-order valence-corrected chi connectivity index (χ2v) is 10.1. The van der Waals surface area contributed by atoms with Crippen molar-refractivity contribution in [2.45, 2.75) is 0 Å². The summed E-state index contributed by atoms with van der Waals surface area (Å²) in [6, 6.07) is 39.4. The molecular weight excluding hydrogens is 503 g/mol. The average molecular weight is 526 g/mol. The van der Waals surface area contributed by atoms with Crippen LogP contribution in [-0.2, 0) is 0 Å². The maximum Gasteiger partial charge on any atom is 0.268 e. The van der Waals surface area contributed by atoms with Crippen molar-refractivity contribution in [3.8, 4) is 22.5 Å². The first-order valence-electron chi connectivity index (χ1n) is 13.6. The van der Waals surface area contributed by atoms with Gasteiger partial charge in [-0.1, -0.05) is 77.7 Å². The second kappa shape index (κ2) is 9.61. The Morgan fingerprint density at radius 1 is 0.610 bits per heavy atom. The lowest BCUT2D eigenvalue weighted by Gasteiger charge is -2.27. The summed E-state index contributed by atoms with van der Waals surface area (Å²) in [6.07, 6.45) is 7.39. The van der Waals surface area contributed by atoms with Gasteiger partial charge in [0.15, 0.2) is 5.82 Å². The zero-order chi connectivity index (χ0) is 27.2. The van der Waals surface area contributed by atoms with Gasteiger partial charge in [-0.15, -0.1) is 0 Å². The van der Waals surface area contributed by atoms with Crippen LogP contribution in [0.3, 0.4) is 0 Å². The fourth-order valence-electron chi connectivity index (χ4n) is 6.00. The van der Waals surface area contributed by atoms with Crippen LogP contribution in [0.2, 0.25) is 0 Å². The van der Waals surface area contributed by atoms with E-state index in [2.05, 4.69) is 71.6 Å². The van der Waals surface area contributed by atoms with Crippen molar-refractivity contribution < 1.29 is 4.42 Å². The topological polar surface area (TPSA) is 55.1 Å². The Labute approximate surface area is 237 Å². The van der Waals surface area contributed by atoms with Crippen LogP contribution >= 0.6 is 0 Å². The molecule has 3 aromatic heterocycles. The second-order valence-electron chi connectivity index (χ2n) is 10.1. The van der Waals surface area contributed by atoms with Crippen molar-refractivity contribution in [3.05, 3.63) is 140 Å². The highest BCUT2D eigenvalue weighted by atomic mass is 16.3. The van der Waals surface area contributed by atoms with Crippen LogP contribution in [-0.4, -0.2) is 21.7 Å². The largest absolute Gasteiger partial charge is 0.464 e. The highest BCUT2D eigenvalue weighted by Gasteiger charge is 2.34. The van der Waals surface area contributed by atoms with E-state index in [9.17, 15) is 0 Å². The van der Waals surface area contributed by atoms with Crippen molar-refractivity contribution >= 4 is 51.3 Å². The minimum absolute atomic E-state index is 0.108. The Bertz CT molecular complexity index is 1950. The highest BCUT2D eigenvalue weighted by molar-refractivity contribution is 6.98. The van der Waals surface area contributed by atoms with Crippen LogP contribution in [0.15, 0.2) is 145 Å². The molecule has 0 bridgehead atoms. The van der Waals surface area contributed by atoms with E-state index >= 15 is 0 Å². The molecule has 0 spiro atoms. The van der Waals surface area contributed by atoms with Gasteiger partial charge in [0, 0.05) is 40.3 Å². The van der Waals surface area contributed by atoms with Crippen molar-refractivity contribution in [3.63, 3.8) is 0 Å². The Kier molecular flexibility index (Phi) is 5.49. The Morgan fingerprint density at radius 2 is 1.37 bits per heavy atom. The summed E-state index contributed by atoms with van der Waals surface area (Å²) in [5.74, 6) is 1.57. The molecule has 1 aliphatic heterocycles.